The summed E-state index contributed by atoms with van der Waals surface area (Å²) in [6, 6.07) is 9.70. The number of fused-ring (bicyclic) bond motifs is 1. The number of esters is 1. The number of anilines is 1. The second kappa shape index (κ2) is 8.32. The number of nitrogens with one attached hydrogen (secondary N) is 1. The second-order valence-electron chi connectivity index (χ2n) is 6.33. The molecule has 3 rings (SSSR count). The highest BCUT2D eigenvalue weighted by Gasteiger charge is 2.27. The van der Waals surface area contributed by atoms with E-state index in [1.54, 1.807) is 13.8 Å². The third kappa shape index (κ3) is 4.05. The van der Waals surface area contributed by atoms with Crippen LogP contribution in [-0.4, -0.2) is 18.5 Å². The van der Waals surface area contributed by atoms with Gasteiger partial charge in [0.25, 0.3) is 5.91 Å². The molecule has 1 heterocycles. The Bertz CT molecular complexity index is 836. The minimum atomic E-state index is -0.341. The van der Waals surface area contributed by atoms with E-state index in [0.717, 1.165) is 36.8 Å². The Morgan fingerprint density at radius 2 is 1.92 bits per heavy atom. The number of carbonyl (C=O) groups excluding carboxylic acids is 2. The van der Waals surface area contributed by atoms with E-state index in [2.05, 4.69) is 5.32 Å². The van der Waals surface area contributed by atoms with Crippen LogP contribution in [-0.2, 0) is 22.4 Å². The summed E-state index contributed by atoms with van der Waals surface area (Å²) in [5.41, 5.74) is 3.17. The molecule has 0 spiro atoms. The summed E-state index contributed by atoms with van der Waals surface area (Å²) < 4.78 is 5.23. The third-order valence-corrected chi connectivity index (χ3v) is 5.63. The third-order valence-electron chi connectivity index (χ3n) is 4.42. The maximum Gasteiger partial charge on any atom is 0.341 e. The first-order chi connectivity index (χ1) is 12.6. The molecule has 1 N–H and O–H groups in total. The van der Waals surface area contributed by atoms with E-state index in [1.807, 2.05) is 36.4 Å². The molecule has 1 amide bonds. The SMILES string of the molecule is CCOC(=O)c1c(NC(=O)/C(C)=C/c2ccccc2)sc2c1CCCC2. The predicted molar refractivity (Wildman–Crippen MR) is 106 cm³/mol. The minimum Gasteiger partial charge on any atom is -0.462 e. The summed E-state index contributed by atoms with van der Waals surface area (Å²) in [5, 5.41) is 3.55. The van der Waals surface area contributed by atoms with E-state index in [9.17, 15) is 9.59 Å². The van der Waals surface area contributed by atoms with E-state index in [-0.39, 0.29) is 11.9 Å². The number of hydrogen-bond donors (Lipinski definition) is 1. The van der Waals surface area contributed by atoms with Crippen LogP contribution >= 0.6 is 11.3 Å². The summed E-state index contributed by atoms with van der Waals surface area (Å²) in [6.07, 6.45) is 5.86. The van der Waals surface area contributed by atoms with Crippen LogP contribution in [0.15, 0.2) is 35.9 Å². The average molecular weight is 369 g/mol. The molecular weight excluding hydrogens is 346 g/mol. The number of carbonyl (C=O) groups is 2. The van der Waals surface area contributed by atoms with Crippen LogP contribution in [0.25, 0.3) is 6.08 Å². The minimum absolute atomic E-state index is 0.196. The van der Waals surface area contributed by atoms with Crippen molar-refractivity contribution in [1.82, 2.24) is 0 Å². The summed E-state index contributed by atoms with van der Waals surface area (Å²) in [4.78, 5) is 26.3. The lowest BCUT2D eigenvalue weighted by Crippen LogP contribution is -2.16. The number of ether oxygens (including phenoxy) is 1. The Kier molecular flexibility index (Phi) is 5.89. The molecule has 0 unspecified atom stereocenters. The second-order valence-corrected chi connectivity index (χ2v) is 7.43. The van der Waals surface area contributed by atoms with Crippen LogP contribution < -0.4 is 5.32 Å². The molecule has 0 aliphatic heterocycles. The molecule has 136 valence electrons. The van der Waals surface area contributed by atoms with Crippen molar-refractivity contribution in [2.45, 2.75) is 39.5 Å². The zero-order chi connectivity index (χ0) is 18.5. The van der Waals surface area contributed by atoms with Gasteiger partial charge in [0, 0.05) is 10.5 Å². The van der Waals surface area contributed by atoms with Crippen molar-refractivity contribution in [3.63, 3.8) is 0 Å². The largest absolute Gasteiger partial charge is 0.462 e. The van der Waals surface area contributed by atoms with Crippen LogP contribution in [0.5, 0.6) is 0 Å². The summed E-state index contributed by atoms with van der Waals surface area (Å²) in [7, 11) is 0. The highest BCUT2D eigenvalue weighted by atomic mass is 32.1. The fourth-order valence-electron chi connectivity index (χ4n) is 3.14. The van der Waals surface area contributed by atoms with Crippen LogP contribution in [0.4, 0.5) is 5.00 Å². The topological polar surface area (TPSA) is 55.4 Å². The fourth-order valence-corrected chi connectivity index (χ4v) is 4.41. The van der Waals surface area contributed by atoms with Gasteiger partial charge < -0.3 is 10.1 Å². The number of thiophene rings is 1. The Balaban J connectivity index is 1.87. The highest BCUT2D eigenvalue weighted by Crippen LogP contribution is 2.38. The molecule has 1 aromatic carbocycles. The van der Waals surface area contributed by atoms with E-state index < -0.39 is 0 Å². The molecule has 1 aromatic heterocycles. The van der Waals surface area contributed by atoms with Crippen molar-refractivity contribution in [3.05, 3.63) is 57.5 Å². The Morgan fingerprint density at radius 3 is 2.65 bits per heavy atom. The van der Waals surface area contributed by atoms with E-state index in [4.69, 9.17) is 4.74 Å². The molecule has 5 heteroatoms. The molecule has 2 aromatic rings. The molecule has 0 saturated heterocycles. The highest BCUT2D eigenvalue weighted by molar-refractivity contribution is 7.17. The van der Waals surface area contributed by atoms with Crippen molar-refractivity contribution in [2.24, 2.45) is 0 Å². The van der Waals surface area contributed by atoms with Gasteiger partial charge in [0.1, 0.15) is 5.00 Å². The lowest BCUT2D eigenvalue weighted by atomic mass is 9.95. The first kappa shape index (κ1) is 18.4. The van der Waals surface area contributed by atoms with Gasteiger partial charge in [-0.2, -0.15) is 0 Å². The van der Waals surface area contributed by atoms with E-state index >= 15 is 0 Å². The quantitative estimate of drug-likeness (QED) is 0.606. The fraction of sp³-hybridized carbons (Fsp3) is 0.333. The number of aryl methyl sites for hydroxylation is 1. The van der Waals surface area contributed by atoms with Crippen molar-refractivity contribution in [2.75, 3.05) is 11.9 Å². The Labute approximate surface area is 157 Å². The van der Waals surface area contributed by atoms with Crippen molar-refractivity contribution in [3.8, 4) is 0 Å². The van der Waals surface area contributed by atoms with Gasteiger partial charge in [-0.15, -0.1) is 11.3 Å². The lowest BCUT2D eigenvalue weighted by molar-refractivity contribution is -0.112. The number of benzene rings is 1. The first-order valence-electron chi connectivity index (χ1n) is 8.96. The van der Waals surface area contributed by atoms with Gasteiger partial charge in [-0.3, -0.25) is 4.79 Å². The smallest absolute Gasteiger partial charge is 0.341 e. The summed E-state index contributed by atoms with van der Waals surface area (Å²) >= 11 is 1.51. The first-order valence-corrected chi connectivity index (χ1v) is 9.78. The summed E-state index contributed by atoms with van der Waals surface area (Å²) in [6.45, 7) is 3.89. The number of amides is 1. The average Bonchev–Trinajstić information content (AvgIpc) is 3.00. The zero-order valence-electron chi connectivity index (χ0n) is 15.1. The van der Waals surface area contributed by atoms with Crippen molar-refractivity contribution in [1.29, 1.82) is 0 Å². The van der Waals surface area contributed by atoms with Crippen LogP contribution in [0.2, 0.25) is 0 Å². The van der Waals surface area contributed by atoms with Gasteiger partial charge in [0.05, 0.1) is 12.2 Å². The van der Waals surface area contributed by atoms with E-state index in [0.29, 0.717) is 22.7 Å². The van der Waals surface area contributed by atoms with Gasteiger partial charge >= 0.3 is 5.97 Å². The van der Waals surface area contributed by atoms with Gasteiger partial charge in [-0.1, -0.05) is 30.3 Å². The predicted octanol–water partition coefficient (Wildman–Crippen LogP) is 4.85. The molecule has 0 radical (unpaired) electrons. The van der Waals surface area contributed by atoms with Gasteiger partial charge in [-0.25, -0.2) is 4.79 Å². The van der Waals surface area contributed by atoms with Gasteiger partial charge in [-0.05, 0) is 56.7 Å². The number of hydrogen-bond acceptors (Lipinski definition) is 4. The lowest BCUT2D eigenvalue weighted by Gasteiger charge is -2.12. The molecule has 0 atom stereocenters. The molecule has 0 fully saturated rings. The normalized spacial score (nSPS) is 13.8. The molecular formula is C21H23NO3S. The Morgan fingerprint density at radius 1 is 1.19 bits per heavy atom. The molecule has 26 heavy (non-hydrogen) atoms. The van der Waals surface area contributed by atoms with Crippen molar-refractivity contribution < 1.29 is 14.3 Å². The molecule has 1 aliphatic rings. The zero-order valence-corrected chi connectivity index (χ0v) is 15.9. The molecule has 0 saturated carbocycles. The molecule has 1 aliphatic carbocycles. The van der Waals surface area contributed by atoms with Crippen LogP contribution in [0.3, 0.4) is 0 Å². The van der Waals surface area contributed by atoms with Gasteiger partial charge in [0.15, 0.2) is 0 Å². The maximum absolute atomic E-state index is 12.6. The van der Waals surface area contributed by atoms with E-state index in [1.165, 1.54) is 16.2 Å². The number of rotatable bonds is 5. The van der Waals surface area contributed by atoms with Crippen molar-refractivity contribution >= 4 is 34.3 Å². The maximum atomic E-state index is 12.6. The summed E-state index contributed by atoms with van der Waals surface area (Å²) in [5.74, 6) is -0.537. The monoisotopic (exact) mass is 369 g/mol. The van der Waals surface area contributed by atoms with Crippen LogP contribution in [0.1, 0.15) is 53.1 Å². The molecule has 0 bridgehead atoms. The van der Waals surface area contributed by atoms with Crippen LogP contribution in [0, 0.1) is 0 Å². The molecule has 4 nitrogen and oxygen atoms in total. The van der Waals surface area contributed by atoms with Gasteiger partial charge in [0.2, 0.25) is 0 Å². The Hall–Kier alpha value is -2.40. The standard InChI is InChI=1S/C21H23NO3S/c1-3-25-21(24)18-16-11-7-8-12-17(16)26-20(18)22-19(23)14(2)13-15-9-5-4-6-10-15/h4-6,9-10,13H,3,7-8,11-12H2,1-2H3,(H,22,23)/b14-13+.